The summed E-state index contributed by atoms with van der Waals surface area (Å²) >= 11 is 1.84. The Balaban J connectivity index is 0.952. The minimum absolute atomic E-state index is 0.0702. The Kier molecular flexibility index (Phi) is 7.04. The first-order chi connectivity index (χ1) is 29.2. The number of aromatic nitrogens is 1. The lowest BCUT2D eigenvalue weighted by molar-refractivity contribution is 0.532. The van der Waals surface area contributed by atoms with Gasteiger partial charge in [0.1, 0.15) is 11.3 Å². The van der Waals surface area contributed by atoms with Crippen molar-refractivity contribution in [2.24, 2.45) is 10.9 Å². The minimum Gasteiger partial charge on any atom is -0.438 e. The summed E-state index contributed by atoms with van der Waals surface area (Å²) in [5.41, 5.74) is 11.0. The Morgan fingerprint density at radius 3 is 2.25 bits per heavy atom. The lowest BCUT2D eigenvalue weighted by Gasteiger charge is -2.35. The maximum Gasteiger partial charge on any atom is 0.220 e. The van der Waals surface area contributed by atoms with Crippen LogP contribution in [-0.4, -0.2) is 10.3 Å². The van der Waals surface area contributed by atoms with E-state index in [-0.39, 0.29) is 18.0 Å². The van der Waals surface area contributed by atoms with E-state index in [2.05, 4.69) is 198 Å². The van der Waals surface area contributed by atoms with Crippen LogP contribution >= 0.6 is 11.3 Å². The first-order valence-corrected chi connectivity index (χ1v) is 21.1. The summed E-state index contributed by atoms with van der Waals surface area (Å²) in [6, 6.07) is 54.8. The lowest BCUT2D eigenvalue weighted by atomic mass is 9.77. The van der Waals surface area contributed by atoms with Crippen molar-refractivity contribution in [1.29, 1.82) is 0 Å². The number of fused-ring (bicyclic) bond motifs is 11. The van der Waals surface area contributed by atoms with Gasteiger partial charge in [0.05, 0.1) is 23.3 Å². The van der Waals surface area contributed by atoms with E-state index in [4.69, 9.17) is 9.41 Å². The summed E-state index contributed by atoms with van der Waals surface area (Å²) < 4.78 is 11.9. The highest BCUT2D eigenvalue weighted by molar-refractivity contribution is 7.25. The molecule has 3 aromatic heterocycles. The highest BCUT2D eigenvalue weighted by atomic mass is 32.1. The highest BCUT2D eigenvalue weighted by Gasteiger charge is 2.36. The van der Waals surface area contributed by atoms with Crippen LogP contribution in [0.3, 0.4) is 0 Å². The Hall–Kier alpha value is -7.21. The molecule has 0 saturated heterocycles. The quantitative estimate of drug-likeness (QED) is 0.194. The van der Waals surface area contributed by atoms with Gasteiger partial charge in [-0.25, -0.2) is 4.99 Å². The fraction of sp³-hybridized carbons (Fsp3) is 0.0556. The summed E-state index contributed by atoms with van der Waals surface area (Å²) in [6.07, 6.45) is 13.8. The molecule has 0 fully saturated rings. The predicted octanol–water partition coefficient (Wildman–Crippen LogP) is 14.8. The molecule has 4 nitrogen and oxygen atoms in total. The standard InChI is InChI=1S/C54H35N3OS/c1-2-12-32(13-3-1)51-52(55-53-42-24-22-36(31-48(42)58-54(53)56-51)35-23-27-50-44(29-35)40-19-9-11-21-49(40)59-50)41-25-26-46(38-17-7-6-16-37(38)41)57-45-20-10-8-18-39(45)43-28-33-14-4-5-15-34(33)30-47(43)57/h1-31,38,46,51,56H. The van der Waals surface area contributed by atoms with Crippen LogP contribution in [0.4, 0.5) is 11.6 Å². The van der Waals surface area contributed by atoms with Gasteiger partial charge in [-0.1, -0.05) is 140 Å². The number of para-hydroxylation sites is 1. The predicted molar refractivity (Wildman–Crippen MR) is 248 cm³/mol. The molecule has 0 bridgehead atoms. The van der Waals surface area contributed by atoms with Crippen LogP contribution in [0.2, 0.25) is 0 Å². The number of hydrogen-bond donors (Lipinski definition) is 1. The molecule has 59 heavy (non-hydrogen) atoms. The van der Waals surface area contributed by atoms with Crippen LogP contribution in [0.25, 0.3) is 74.8 Å². The summed E-state index contributed by atoms with van der Waals surface area (Å²) in [5, 5.41) is 12.5. The molecule has 5 heteroatoms. The van der Waals surface area contributed by atoms with Crippen molar-refractivity contribution in [3.63, 3.8) is 0 Å². The van der Waals surface area contributed by atoms with E-state index in [1.54, 1.807) is 0 Å². The van der Waals surface area contributed by atoms with Gasteiger partial charge in [0, 0.05) is 53.3 Å². The second-order valence-electron chi connectivity index (χ2n) is 15.9. The van der Waals surface area contributed by atoms with Gasteiger partial charge in [-0.3, -0.25) is 0 Å². The average molecular weight is 774 g/mol. The van der Waals surface area contributed by atoms with Gasteiger partial charge in [0.15, 0.2) is 0 Å². The fourth-order valence-corrected chi connectivity index (χ4v) is 11.0. The zero-order valence-corrected chi connectivity index (χ0v) is 32.7. The number of nitrogens with one attached hydrogen (secondary N) is 1. The van der Waals surface area contributed by atoms with Crippen molar-refractivity contribution in [3.05, 3.63) is 205 Å². The maximum absolute atomic E-state index is 6.69. The molecule has 2 aliphatic carbocycles. The number of thiophene rings is 1. The second kappa shape index (κ2) is 12.6. The molecule has 0 spiro atoms. The Morgan fingerprint density at radius 2 is 1.34 bits per heavy atom. The molecule has 7 aromatic carbocycles. The molecular weight excluding hydrogens is 739 g/mol. The zero-order valence-electron chi connectivity index (χ0n) is 31.8. The van der Waals surface area contributed by atoms with E-state index in [1.807, 2.05) is 11.3 Å². The van der Waals surface area contributed by atoms with Gasteiger partial charge in [0.2, 0.25) is 5.88 Å². The van der Waals surface area contributed by atoms with E-state index in [9.17, 15) is 0 Å². The fourth-order valence-electron chi connectivity index (χ4n) is 9.89. The van der Waals surface area contributed by atoms with Crippen molar-refractivity contribution < 1.29 is 4.42 Å². The number of hydrogen-bond acceptors (Lipinski definition) is 4. The third-order valence-corrected chi connectivity index (χ3v) is 13.8. The smallest absolute Gasteiger partial charge is 0.220 e. The summed E-state index contributed by atoms with van der Waals surface area (Å²) in [4.78, 5) is 5.59. The van der Waals surface area contributed by atoms with Crippen molar-refractivity contribution >= 4 is 92.3 Å². The topological polar surface area (TPSA) is 42.5 Å². The van der Waals surface area contributed by atoms with Crippen molar-refractivity contribution in [3.8, 4) is 11.1 Å². The molecule has 4 heterocycles. The van der Waals surface area contributed by atoms with Crippen LogP contribution in [0, 0.1) is 5.92 Å². The van der Waals surface area contributed by atoms with Crippen molar-refractivity contribution in [1.82, 2.24) is 4.57 Å². The number of allylic oxidation sites excluding steroid dienone is 7. The molecule has 0 amide bonds. The molecule has 13 rings (SSSR count). The molecule has 278 valence electrons. The molecular formula is C54H35N3OS. The normalized spacial score (nSPS) is 18.6. The summed E-state index contributed by atoms with van der Waals surface area (Å²) in [5.74, 6) is 0.803. The molecule has 3 aliphatic rings. The van der Waals surface area contributed by atoms with Gasteiger partial charge in [0.25, 0.3) is 0 Å². The highest BCUT2D eigenvalue weighted by Crippen LogP contribution is 2.49. The second-order valence-corrected chi connectivity index (χ2v) is 17.0. The van der Waals surface area contributed by atoms with E-state index in [1.165, 1.54) is 63.9 Å². The molecule has 0 radical (unpaired) electrons. The number of rotatable bonds is 4. The van der Waals surface area contributed by atoms with Crippen LogP contribution in [0.15, 0.2) is 209 Å². The molecule has 1 N–H and O–H groups in total. The van der Waals surface area contributed by atoms with E-state index >= 15 is 0 Å². The average Bonchev–Trinajstić information content (AvgIpc) is 3.96. The monoisotopic (exact) mass is 773 g/mol. The lowest BCUT2D eigenvalue weighted by Crippen LogP contribution is -2.29. The Morgan fingerprint density at radius 1 is 0.576 bits per heavy atom. The molecule has 3 unspecified atom stereocenters. The number of benzene rings is 7. The zero-order chi connectivity index (χ0) is 38.6. The van der Waals surface area contributed by atoms with Crippen LogP contribution < -0.4 is 5.32 Å². The molecule has 0 saturated carbocycles. The van der Waals surface area contributed by atoms with E-state index in [0.29, 0.717) is 5.88 Å². The van der Waals surface area contributed by atoms with Gasteiger partial charge >= 0.3 is 0 Å². The third-order valence-electron chi connectivity index (χ3n) is 12.6. The van der Waals surface area contributed by atoms with Gasteiger partial charge in [-0.15, -0.1) is 11.3 Å². The van der Waals surface area contributed by atoms with E-state index in [0.717, 1.165) is 39.1 Å². The van der Waals surface area contributed by atoms with Crippen molar-refractivity contribution in [2.45, 2.75) is 12.1 Å². The number of aliphatic imine (C=N–C) groups is 1. The van der Waals surface area contributed by atoms with Gasteiger partial charge in [-0.05, 0) is 81.6 Å². The van der Waals surface area contributed by atoms with Crippen LogP contribution in [0.5, 0.6) is 0 Å². The Bertz CT molecular complexity index is 3550. The third kappa shape index (κ3) is 4.98. The number of nitrogens with zero attached hydrogens (tertiary/aromatic N) is 2. The molecule has 1 aliphatic heterocycles. The van der Waals surface area contributed by atoms with Crippen molar-refractivity contribution in [2.75, 3.05) is 5.32 Å². The maximum atomic E-state index is 6.69. The summed E-state index contributed by atoms with van der Waals surface area (Å²) in [6.45, 7) is 0. The molecule has 10 aromatic rings. The first-order valence-electron chi connectivity index (χ1n) is 20.3. The Labute approximate surface area is 344 Å². The van der Waals surface area contributed by atoms with Crippen LogP contribution in [0.1, 0.15) is 17.6 Å². The SMILES string of the molecule is C1=CC2=C(C3=Nc4c(oc5cc(-c6ccc7sc8ccccc8c7c6)ccc45)NC3c3ccccc3)C=CC(n3c4ccccc4c4cc5ccccc5cc43)C2C=C1. The van der Waals surface area contributed by atoms with E-state index < -0.39 is 0 Å². The van der Waals surface area contributed by atoms with Gasteiger partial charge in [-0.2, -0.15) is 0 Å². The number of anilines is 1. The first kappa shape index (κ1) is 32.8. The minimum atomic E-state index is -0.207. The summed E-state index contributed by atoms with van der Waals surface area (Å²) in [7, 11) is 0. The van der Waals surface area contributed by atoms with Crippen LogP contribution in [-0.2, 0) is 0 Å². The largest absolute Gasteiger partial charge is 0.438 e. The number of furan rings is 1. The molecule has 3 atom stereocenters. The van der Waals surface area contributed by atoms with Gasteiger partial charge < -0.3 is 14.3 Å².